The lowest BCUT2D eigenvalue weighted by Crippen LogP contribution is -2.27. The maximum atomic E-state index is 5.30. The van der Waals surface area contributed by atoms with Gasteiger partial charge in [0, 0.05) is 13.1 Å². The van der Waals surface area contributed by atoms with E-state index in [-0.39, 0.29) is 0 Å². The van der Waals surface area contributed by atoms with Crippen LogP contribution in [-0.4, -0.2) is 30.3 Å². The highest BCUT2D eigenvalue weighted by molar-refractivity contribution is 7.80. The summed E-state index contributed by atoms with van der Waals surface area (Å²) in [6.07, 6.45) is 7.90. The average Bonchev–Trinajstić information content (AvgIpc) is 2.71. The van der Waals surface area contributed by atoms with Gasteiger partial charge in [-0.1, -0.05) is 56.5 Å². The van der Waals surface area contributed by atoms with Gasteiger partial charge in [-0.15, -0.1) is 0 Å². The van der Waals surface area contributed by atoms with E-state index in [0.29, 0.717) is 5.31 Å². The van der Waals surface area contributed by atoms with Crippen molar-refractivity contribution in [2.45, 2.75) is 69.5 Å². The van der Waals surface area contributed by atoms with Gasteiger partial charge in [-0.3, -0.25) is 0 Å². The average molecular weight is 236 g/mol. The van der Waals surface area contributed by atoms with Gasteiger partial charge >= 0.3 is 0 Å². The minimum atomic E-state index is 0.580. The standard InChI is InChI=1S/C13H23BNS/c1-10-13(2,14-10)9-5-4-6-11-7-8-12(16)15(11)3/h10-11H,4-9H2,1-3H3. The molecule has 0 N–H and O–H groups in total. The molecule has 0 aromatic carbocycles. The number of likely N-dealkylation sites (tertiary alicyclic amines) is 1. The Morgan fingerprint density at radius 3 is 2.69 bits per heavy atom. The smallest absolute Gasteiger partial charge is 0.120 e. The highest BCUT2D eigenvalue weighted by Crippen LogP contribution is 2.59. The molecule has 0 aliphatic carbocycles. The molecule has 0 aromatic rings. The quantitative estimate of drug-likeness (QED) is 0.407. The van der Waals surface area contributed by atoms with E-state index in [1.807, 2.05) is 0 Å². The lowest BCUT2D eigenvalue weighted by Gasteiger charge is -2.21. The summed E-state index contributed by atoms with van der Waals surface area (Å²) in [6.45, 7) is 4.73. The number of thiocarbonyl (C=S) groups is 1. The second-order valence-corrected chi connectivity index (χ2v) is 6.38. The van der Waals surface area contributed by atoms with E-state index in [9.17, 15) is 0 Å². The normalized spacial score (nSPS) is 37.7. The van der Waals surface area contributed by atoms with Crippen LogP contribution in [0.25, 0.3) is 0 Å². The topological polar surface area (TPSA) is 3.24 Å². The zero-order valence-corrected chi connectivity index (χ0v) is 11.6. The molecular formula is C13H23BNS. The Morgan fingerprint density at radius 1 is 1.50 bits per heavy atom. The van der Waals surface area contributed by atoms with Crippen molar-refractivity contribution in [3.63, 3.8) is 0 Å². The summed E-state index contributed by atoms with van der Waals surface area (Å²) in [5.74, 6) is 0.856. The fourth-order valence-electron chi connectivity index (χ4n) is 2.92. The molecule has 89 valence electrons. The first-order chi connectivity index (χ1) is 7.53. The molecule has 2 aliphatic heterocycles. The first kappa shape index (κ1) is 12.4. The van der Waals surface area contributed by atoms with Crippen LogP contribution in [-0.2, 0) is 0 Å². The summed E-state index contributed by atoms with van der Waals surface area (Å²) >= 11 is 5.30. The van der Waals surface area contributed by atoms with Crippen molar-refractivity contribution in [2.24, 2.45) is 0 Å². The maximum Gasteiger partial charge on any atom is 0.120 e. The van der Waals surface area contributed by atoms with Crippen LogP contribution in [0.3, 0.4) is 0 Å². The van der Waals surface area contributed by atoms with Crippen molar-refractivity contribution in [3.8, 4) is 0 Å². The lowest BCUT2D eigenvalue weighted by molar-refractivity contribution is 0.360. The van der Waals surface area contributed by atoms with Gasteiger partial charge in [0.1, 0.15) is 7.28 Å². The Kier molecular flexibility index (Phi) is 3.63. The Morgan fingerprint density at radius 2 is 2.19 bits per heavy atom. The van der Waals surface area contributed by atoms with E-state index in [1.165, 1.54) is 37.1 Å². The molecule has 2 aliphatic rings. The van der Waals surface area contributed by atoms with Gasteiger partial charge in [0.05, 0.1) is 4.99 Å². The molecule has 1 radical (unpaired) electrons. The Bertz CT molecular complexity index is 281. The molecule has 2 heterocycles. The molecule has 0 amide bonds. The van der Waals surface area contributed by atoms with Crippen LogP contribution in [0.15, 0.2) is 0 Å². The second kappa shape index (κ2) is 4.68. The molecule has 16 heavy (non-hydrogen) atoms. The van der Waals surface area contributed by atoms with E-state index in [2.05, 4.69) is 33.1 Å². The summed E-state index contributed by atoms with van der Waals surface area (Å²) < 4.78 is 0. The molecule has 3 heteroatoms. The molecule has 0 bridgehead atoms. The van der Waals surface area contributed by atoms with Crippen LogP contribution < -0.4 is 0 Å². The van der Waals surface area contributed by atoms with Gasteiger partial charge in [0.15, 0.2) is 0 Å². The predicted molar refractivity (Wildman–Crippen MR) is 75.4 cm³/mol. The largest absolute Gasteiger partial charge is 0.366 e. The van der Waals surface area contributed by atoms with E-state index in [1.54, 1.807) is 0 Å². The summed E-state index contributed by atoms with van der Waals surface area (Å²) in [7, 11) is 4.65. The van der Waals surface area contributed by atoms with Crippen LogP contribution in [0.2, 0.25) is 11.1 Å². The minimum absolute atomic E-state index is 0.580. The van der Waals surface area contributed by atoms with Crippen molar-refractivity contribution in [1.82, 2.24) is 4.90 Å². The lowest BCUT2D eigenvalue weighted by atomic mass is 9.85. The molecule has 2 saturated heterocycles. The van der Waals surface area contributed by atoms with Gasteiger partial charge in [-0.2, -0.15) is 0 Å². The summed E-state index contributed by atoms with van der Waals surface area (Å²) in [6, 6.07) is 0.737. The SMILES string of the molecule is CC1[B]C1(C)CCCCC1CCC(=S)N1C. The van der Waals surface area contributed by atoms with Gasteiger partial charge in [0.2, 0.25) is 0 Å². The Hall–Kier alpha value is -0.0451. The van der Waals surface area contributed by atoms with Gasteiger partial charge in [0.25, 0.3) is 0 Å². The molecular weight excluding hydrogens is 213 g/mol. The van der Waals surface area contributed by atoms with Crippen LogP contribution in [0.4, 0.5) is 0 Å². The van der Waals surface area contributed by atoms with Crippen molar-refractivity contribution >= 4 is 24.5 Å². The number of nitrogens with zero attached hydrogens (tertiary/aromatic N) is 1. The fourth-order valence-corrected chi connectivity index (χ4v) is 3.19. The molecule has 2 fully saturated rings. The molecule has 3 atom stereocenters. The Labute approximate surface area is 106 Å². The number of hydrogen-bond donors (Lipinski definition) is 0. The number of unbranched alkanes of at least 4 members (excludes halogenated alkanes) is 1. The van der Waals surface area contributed by atoms with Crippen molar-refractivity contribution in [1.29, 1.82) is 0 Å². The van der Waals surface area contributed by atoms with Crippen LogP contribution in [0, 0.1) is 0 Å². The third-order valence-corrected chi connectivity index (χ3v) is 5.19. The molecule has 1 nitrogen and oxygen atoms in total. The third-order valence-electron chi connectivity index (χ3n) is 4.70. The summed E-state index contributed by atoms with van der Waals surface area (Å²) in [5.41, 5.74) is 0. The minimum Gasteiger partial charge on any atom is -0.366 e. The molecule has 0 aromatic heterocycles. The fraction of sp³-hybridized carbons (Fsp3) is 0.923. The monoisotopic (exact) mass is 236 g/mol. The first-order valence-electron chi connectivity index (χ1n) is 6.64. The molecule has 0 spiro atoms. The third kappa shape index (κ3) is 2.61. The number of rotatable bonds is 5. The van der Waals surface area contributed by atoms with Crippen LogP contribution in [0.1, 0.15) is 52.4 Å². The van der Waals surface area contributed by atoms with Gasteiger partial charge in [-0.25, -0.2) is 0 Å². The summed E-state index contributed by atoms with van der Waals surface area (Å²) in [5, 5.41) is 0.580. The second-order valence-electron chi connectivity index (χ2n) is 5.90. The maximum absolute atomic E-state index is 5.30. The zero-order chi connectivity index (χ0) is 11.8. The van der Waals surface area contributed by atoms with E-state index in [4.69, 9.17) is 12.2 Å². The van der Waals surface area contributed by atoms with E-state index >= 15 is 0 Å². The van der Waals surface area contributed by atoms with Crippen molar-refractivity contribution in [3.05, 3.63) is 0 Å². The summed E-state index contributed by atoms with van der Waals surface area (Å²) in [4.78, 5) is 3.49. The number of hydrogen-bond acceptors (Lipinski definition) is 1. The molecule has 3 unspecified atom stereocenters. The van der Waals surface area contributed by atoms with Crippen LogP contribution >= 0.6 is 12.2 Å². The van der Waals surface area contributed by atoms with Gasteiger partial charge < -0.3 is 4.90 Å². The van der Waals surface area contributed by atoms with Crippen molar-refractivity contribution in [2.75, 3.05) is 7.05 Å². The molecule has 2 rings (SSSR count). The van der Waals surface area contributed by atoms with Crippen molar-refractivity contribution < 1.29 is 0 Å². The van der Waals surface area contributed by atoms with Crippen LogP contribution in [0.5, 0.6) is 0 Å². The molecule has 0 saturated carbocycles. The zero-order valence-electron chi connectivity index (χ0n) is 10.8. The predicted octanol–water partition coefficient (Wildman–Crippen LogP) is 3.67. The Balaban J connectivity index is 1.60. The van der Waals surface area contributed by atoms with E-state index in [0.717, 1.165) is 18.3 Å². The van der Waals surface area contributed by atoms with Gasteiger partial charge in [-0.05, 0) is 19.3 Å². The van der Waals surface area contributed by atoms with E-state index < -0.39 is 0 Å². The highest BCUT2D eigenvalue weighted by atomic mass is 32.1. The highest BCUT2D eigenvalue weighted by Gasteiger charge is 2.46. The first-order valence-corrected chi connectivity index (χ1v) is 7.05.